The van der Waals surface area contributed by atoms with Crippen molar-refractivity contribution in [1.82, 2.24) is 10.2 Å². The number of rotatable bonds is 10. The summed E-state index contributed by atoms with van der Waals surface area (Å²) in [6.07, 6.45) is 6.63. The molecule has 0 saturated carbocycles. The van der Waals surface area contributed by atoms with Gasteiger partial charge in [0.2, 0.25) is 5.91 Å². The first-order valence-electron chi connectivity index (χ1n) is 14.0. The van der Waals surface area contributed by atoms with Crippen molar-refractivity contribution in [2.24, 2.45) is 0 Å². The molecule has 2 atom stereocenters. The van der Waals surface area contributed by atoms with E-state index < -0.39 is 35.6 Å². The maximum atomic E-state index is 14.4. The van der Waals surface area contributed by atoms with Gasteiger partial charge in [-0.05, 0) is 75.1 Å². The molecule has 0 radical (unpaired) electrons. The molecule has 0 saturated heterocycles. The van der Waals surface area contributed by atoms with Crippen LogP contribution in [0.15, 0.2) is 79.4 Å². The van der Waals surface area contributed by atoms with Crippen LogP contribution in [-0.2, 0) is 20.7 Å². The molecule has 3 N–H and O–H groups in total. The van der Waals surface area contributed by atoms with Crippen LogP contribution in [0.4, 0.5) is 10.5 Å². The highest BCUT2D eigenvalue weighted by Crippen LogP contribution is 2.29. The second kappa shape index (κ2) is 14.2. The highest BCUT2D eigenvalue weighted by atomic mass is 16.6. The summed E-state index contributed by atoms with van der Waals surface area (Å²) in [6.45, 7) is 12.7. The second-order valence-electron chi connectivity index (χ2n) is 11.2. The zero-order chi connectivity index (χ0) is 31.7. The van der Waals surface area contributed by atoms with Gasteiger partial charge in [-0.2, -0.15) is 0 Å². The van der Waals surface area contributed by atoms with E-state index in [1.54, 1.807) is 57.2 Å². The Morgan fingerprint density at radius 3 is 2.23 bits per heavy atom. The number of hydrogen-bond donors (Lipinski definition) is 3. The van der Waals surface area contributed by atoms with Gasteiger partial charge in [-0.25, -0.2) is 4.79 Å². The normalized spacial score (nSPS) is 12.3. The van der Waals surface area contributed by atoms with Crippen molar-refractivity contribution in [2.45, 2.75) is 58.7 Å². The standard InChI is InChI=1S/C35H39N3O5/c1-8-21-38(33(41)29(36-34(42)43-35(5,6)7)22-25-17-19-27(39)20-18-25)31(28-16-11-10-15-26(28)9-2)32(40)37-30-23(3)13-12-14-24(30)4/h2,8,10-20,29,31,39H,1,21-22H2,3-7H3,(H,36,42)(H,37,40). The molecule has 0 aliphatic heterocycles. The molecule has 3 aromatic carbocycles. The molecule has 3 aromatic rings. The number of benzene rings is 3. The van der Waals surface area contributed by atoms with Gasteiger partial charge in [0.25, 0.3) is 5.91 Å². The number of alkyl carbamates (subject to hydrolysis) is 1. The third-order valence-corrected chi connectivity index (χ3v) is 6.67. The monoisotopic (exact) mass is 581 g/mol. The number of phenols is 1. The highest BCUT2D eigenvalue weighted by molar-refractivity contribution is 6.00. The van der Waals surface area contributed by atoms with E-state index in [1.807, 2.05) is 32.0 Å². The number of carbonyl (C=O) groups is 3. The lowest BCUT2D eigenvalue weighted by Crippen LogP contribution is -2.53. The molecule has 2 unspecified atom stereocenters. The first kappa shape index (κ1) is 32.5. The van der Waals surface area contributed by atoms with Gasteiger partial charge in [-0.15, -0.1) is 13.0 Å². The molecule has 0 heterocycles. The van der Waals surface area contributed by atoms with Gasteiger partial charge in [0.1, 0.15) is 23.4 Å². The molecule has 43 heavy (non-hydrogen) atoms. The number of carbonyl (C=O) groups excluding carboxylic acids is 3. The van der Waals surface area contributed by atoms with E-state index in [1.165, 1.54) is 23.1 Å². The first-order chi connectivity index (χ1) is 20.3. The number of nitrogens with zero attached hydrogens (tertiary/aromatic N) is 1. The van der Waals surface area contributed by atoms with Gasteiger partial charge in [0.05, 0.1) is 0 Å². The van der Waals surface area contributed by atoms with E-state index in [-0.39, 0.29) is 18.7 Å². The van der Waals surface area contributed by atoms with Gasteiger partial charge in [0, 0.05) is 24.2 Å². The van der Waals surface area contributed by atoms with Gasteiger partial charge in [0.15, 0.2) is 0 Å². The predicted molar refractivity (Wildman–Crippen MR) is 169 cm³/mol. The number of terminal acetylenes is 1. The zero-order valence-electron chi connectivity index (χ0n) is 25.3. The van der Waals surface area contributed by atoms with Crippen molar-refractivity contribution >= 4 is 23.6 Å². The quantitative estimate of drug-likeness (QED) is 0.207. The van der Waals surface area contributed by atoms with E-state index >= 15 is 0 Å². The third kappa shape index (κ3) is 8.73. The Morgan fingerprint density at radius 1 is 1.02 bits per heavy atom. The van der Waals surface area contributed by atoms with Crippen LogP contribution in [-0.4, -0.2) is 46.1 Å². The van der Waals surface area contributed by atoms with Crippen LogP contribution in [0.3, 0.4) is 0 Å². The van der Waals surface area contributed by atoms with Crippen LogP contribution in [0.1, 0.15) is 54.6 Å². The summed E-state index contributed by atoms with van der Waals surface area (Å²) >= 11 is 0. The molecular formula is C35H39N3O5. The van der Waals surface area contributed by atoms with E-state index in [0.29, 0.717) is 22.4 Å². The Kier molecular flexibility index (Phi) is 10.8. The summed E-state index contributed by atoms with van der Waals surface area (Å²) in [5.74, 6) is 1.67. The Bertz CT molecular complexity index is 1500. The summed E-state index contributed by atoms with van der Waals surface area (Å²) in [5, 5.41) is 15.5. The van der Waals surface area contributed by atoms with Crippen molar-refractivity contribution in [3.8, 4) is 18.1 Å². The maximum absolute atomic E-state index is 14.4. The molecule has 8 nitrogen and oxygen atoms in total. The van der Waals surface area contributed by atoms with Crippen molar-refractivity contribution in [3.63, 3.8) is 0 Å². The minimum atomic E-state index is -1.17. The molecule has 3 amide bonds. The summed E-state index contributed by atoms with van der Waals surface area (Å²) in [7, 11) is 0. The molecule has 0 aromatic heterocycles. The second-order valence-corrected chi connectivity index (χ2v) is 11.2. The number of aromatic hydroxyl groups is 1. The molecule has 224 valence electrons. The number of aryl methyl sites for hydroxylation is 2. The topological polar surface area (TPSA) is 108 Å². The third-order valence-electron chi connectivity index (χ3n) is 6.67. The lowest BCUT2D eigenvalue weighted by atomic mass is 9.96. The number of hydrogen-bond acceptors (Lipinski definition) is 5. The number of anilines is 1. The largest absolute Gasteiger partial charge is 0.508 e. The van der Waals surface area contributed by atoms with E-state index in [4.69, 9.17) is 11.2 Å². The van der Waals surface area contributed by atoms with Crippen LogP contribution >= 0.6 is 0 Å². The number of phenolic OH excluding ortho intramolecular Hbond substituents is 1. The number of amides is 3. The summed E-state index contributed by atoms with van der Waals surface area (Å²) in [6, 6.07) is 16.6. The molecular weight excluding hydrogens is 542 g/mol. The molecule has 0 aliphatic carbocycles. The smallest absolute Gasteiger partial charge is 0.408 e. The van der Waals surface area contributed by atoms with Crippen LogP contribution in [0, 0.1) is 26.2 Å². The number of para-hydroxylation sites is 1. The summed E-state index contributed by atoms with van der Waals surface area (Å²) in [5.41, 5.74) is 3.11. The van der Waals surface area contributed by atoms with Crippen LogP contribution in [0.25, 0.3) is 0 Å². The van der Waals surface area contributed by atoms with Crippen LogP contribution in [0.2, 0.25) is 0 Å². The summed E-state index contributed by atoms with van der Waals surface area (Å²) < 4.78 is 5.46. The Morgan fingerprint density at radius 2 is 1.65 bits per heavy atom. The Labute approximate surface area is 253 Å². The van der Waals surface area contributed by atoms with Gasteiger partial charge in [-0.3, -0.25) is 9.59 Å². The molecule has 0 aliphatic rings. The zero-order valence-corrected chi connectivity index (χ0v) is 25.3. The number of ether oxygens (including phenoxy) is 1. The Hall–Kier alpha value is -5.03. The fraction of sp³-hybridized carbons (Fsp3) is 0.286. The van der Waals surface area contributed by atoms with Crippen LogP contribution in [0.5, 0.6) is 5.75 Å². The molecule has 8 heteroatoms. The average molecular weight is 582 g/mol. The number of nitrogens with one attached hydrogen (secondary N) is 2. The van der Waals surface area contributed by atoms with Gasteiger partial charge in [-0.1, -0.05) is 60.5 Å². The molecule has 0 bridgehead atoms. The molecule has 0 fully saturated rings. The van der Waals surface area contributed by atoms with E-state index in [9.17, 15) is 19.5 Å². The predicted octanol–water partition coefficient (Wildman–Crippen LogP) is 5.82. The lowest BCUT2D eigenvalue weighted by molar-refractivity contribution is -0.140. The fourth-order valence-electron chi connectivity index (χ4n) is 4.70. The van der Waals surface area contributed by atoms with Crippen molar-refractivity contribution < 1.29 is 24.2 Å². The minimum Gasteiger partial charge on any atom is -0.508 e. The lowest BCUT2D eigenvalue weighted by Gasteiger charge is -2.34. The summed E-state index contributed by atoms with van der Waals surface area (Å²) in [4.78, 5) is 42.9. The van der Waals surface area contributed by atoms with E-state index in [0.717, 1.165) is 11.1 Å². The van der Waals surface area contributed by atoms with Crippen molar-refractivity contribution in [1.29, 1.82) is 0 Å². The highest BCUT2D eigenvalue weighted by Gasteiger charge is 2.37. The average Bonchev–Trinajstić information content (AvgIpc) is 2.94. The van der Waals surface area contributed by atoms with Crippen LogP contribution < -0.4 is 10.6 Å². The first-order valence-corrected chi connectivity index (χ1v) is 14.0. The minimum absolute atomic E-state index is 0.0232. The van der Waals surface area contributed by atoms with Gasteiger partial charge >= 0.3 is 6.09 Å². The SMILES string of the molecule is C#Cc1ccccc1C(C(=O)Nc1c(C)cccc1C)N(CC=C)C(=O)C(Cc1ccc(O)cc1)NC(=O)OC(C)(C)C. The maximum Gasteiger partial charge on any atom is 0.408 e. The fourth-order valence-corrected chi connectivity index (χ4v) is 4.70. The van der Waals surface area contributed by atoms with Crippen molar-refractivity contribution in [2.75, 3.05) is 11.9 Å². The molecule has 3 rings (SSSR count). The Balaban J connectivity index is 2.12. The van der Waals surface area contributed by atoms with E-state index in [2.05, 4.69) is 23.1 Å². The van der Waals surface area contributed by atoms with Crippen molar-refractivity contribution in [3.05, 3.63) is 107 Å². The van der Waals surface area contributed by atoms with Gasteiger partial charge < -0.3 is 25.4 Å². The molecule has 0 spiro atoms.